The highest BCUT2D eigenvalue weighted by Gasteiger charge is 2.50. The lowest BCUT2D eigenvalue weighted by molar-refractivity contribution is -0.0494. The SMILES string of the molecule is CCNC(=NCCc1ccccc1OC)NC1CCN(S(=O)(=O)C(F)(F)F)CC1.I. The van der Waals surface area contributed by atoms with Gasteiger partial charge < -0.3 is 15.4 Å². The second kappa shape index (κ2) is 11.9. The van der Waals surface area contributed by atoms with Gasteiger partial charge in [0.2, 0.25) is 0 Å². The highest BCUT2D eigenvalue weighted by molar-refractivity contribution is 14.0. The number of methoxy groups -OCH3 is 1. The van der Waals surface area contributed by atoms with Crippen molar-refractivity contribution in [2.24, 2.45) is 4.99 Å². The summed E-state index contributed by atoms with van der Waals surface area (Å²) < 4.78 is 66.8. The number of halogens is 4. The third kappa shape index (κ3) is 7.15. The van der Waals surface area contributed by atoms with E-state index in [0.29, 0.717) is 29.8 Å². The van der Waals surface area contributed by atoms with Crippen LogP contribution in [0.15, 0.2) is 29.3 Å². The number of aliphatic imine (C=N–C) groups is 1. The van der Waals surface area contributed by atoms with Gasteiger partial charge in [-0.2, -0.15) is 17.5 Å². The lowest BCUT2D eigenvalue weighted by Crippen LogP contribution is -2.51. The molecule has 1 aromatic carbocycles. The summed E-state index contributed by atoms with van der Waals surface area (Å²) in [7, 11) is -3.66. The Morgan fingerprint density at radius 2 is 1.90 bits per heavy atom. The molecule has 1 heterocycles. The van der Waals surface area contributed by atoms with Gasteiger partial charge in [0.15, 0.2) is 5.96 Å². The van der Waals surface area contributed by atoms with Crippen LogP contribution in [0.5, 0.6) is 5.75 Å². The molecule has 0 atom stereocenters. The molecule has 30 heavy (non-hydrogen) atoms. The van der Waals surface area contributed by atoms with Crippen molar-refractivity contribution in [3.05, 3.63) is 29.8 Å². The molecule has 2 N–H and O–H groups in total. The Balaban J connectivity index is 0.00000450. The molecule has 1 fully saturated rings. The summed E-state index contributed by atoms with van der Waals surface area (Å²) in [5.74, 6) is 1.35. The zero-order valence-electron chi connectivity index (χ0n) is 16.9. The molecule has 0 bridgehead atoms. The number of benzene rings is 1. The summed E-state index contributed by atoms with van der Waals surface area (Å²) in [4.78, 5) is 4.51. The first-order chi connectivity index (χ1) is 13.7. The molecular weight excluding hydrogens is 536 g/mol. The van der Waals surface area contributed by atoms with Gasteiger partial charge in [0.1, 0.15) is 5.75 Å². The Kier molecular flexibility index (Phi) is 10.6. The summed E-state index contributed by atoms with van der Waals surface area (Å²) in [5, 5.41) is 6.29. The molecule has 1 aliphatic rings. The lowest BCUT2D eigenvalue weighted by Gasteiger charge is -2.32. The maximum atomic E-state index is 12.7. The van der Waals surface area contributed by atoms with Gasteiger partial charge in [-0.25, -0.2) is 8.42 Å². The summed E-state index contributed by atoms with van der Waals surface area (Å²) in [6.45, 7) is 2.68. The molecule has 0 aliphatic carbocycles. The first-order valence-electron chi connectivity index (χ1n) is 9.42. The fraction of sp³-hybridized carbons (Fsp3) is 0.611. The number of alkyl halides is 3. The normalized spacial score (nSPS) is 16.6. The quantitative estimate of drug-likeness (QED) is 0.303. The van der Waals surface area contributed by atoms with Gasteiger partial charge in [-0.15, -0.1) is 24.0 Å². The van der Waals surface area contributed by atoms with E-state index < -0.39 is 15.5 Å². The first kappa shape index (κ1) is 26.8. The monoisotopic (exact) mass is 564 g/mol. The van der Waals surface area contributed by atoms with Gasteiger partial charge in [-0.3, -0.25) is 4.99 Å². The Morgan fingerprint density at radius 3 is 2.47 bits per heavy atom. The summed E-state index contributed by atoms with van der Waals surface area (Å²) in [6.07, 6.45) is 1.21. The van der Waals surface area contributed by atoms with Crippen LogP contribution in [0.2, 0.25) is 0 Å². The molecule has 0 radical (unpaired) electrons. The number of rotatable bonds is 7. The van der Waals surface area contributed by atoms with Crippen LogP contribution in [-0.4, -0.2) is 63.5 Å². The maximum Gasteiger partial charge on any atom is 0.511 e. The van der Waals surface area contributed by atoms with Gasteiger partial charge >= 0.3 is 15.5 Å². The van der Waals surface area contributed by atoms with Crippen LogP contribution >= 0.6 is 24.0 Å². The minimum atomic E-state index is -5.27. The van der Waals surface area contributed by atoms with Crippen LogP contribution in [0.4, 0.5) is 13.2 Å². The number of piperidine rings is 1. The van der Waals surface area contributed by atoms with E-state index in [-0.39, 0.29) is 55.9 Å². The van der Waals surface area contributed by atoms with Crippen molar-refractivity contribution in [1.82, 2.24) is 14.9 Å². The van der Waals surface area contributed by atoms with Gasteiger partial charge in [0.05, 0.1) is 7.11 Å². The maximum absolute atomic E-state index is 12.7. The van der Waals surface area contributed by atoms with Crippen LogP contribution in [0.3, 0.4) is 0 Å². The molecule has 1 aliphatic heterocycles. The third-order valence-corrected chi connectivity index (χ3v) is 6.24. The zero-order chi connectivity index (χ0) is 21.5. The van der Waals surface area contributed by atoms with Crippen LogP contribution < -0.4 is 15.4 Å². The summed E-state index contributed by atoms with van der Waals surface area (Å²) in [5.41, 5.74) is -4.23. The van der Waals surface area contributed by atoms with E-state index in [0.717, 1.165) is 11.3 Å². The second-order valence-electron chi connectivity index (χ2n) is 6.59. The fourth-order valence-corrected chi connectivity index (χ4v) is 4.08. The molecule has 0 spiro atoms. The van der Waals surface area contributed by atoms with E-state index in [4.69, 9.17) is 4.74 Å². The number of nitrogens with zero attached hydrogens (tertiary/aromatic N) is 2. The highest BCUT2D eigenvalue weighted by Crippen LogP contribution is 2.28. The van der Waals surface area contributed by atoms with E-state index in [1.54, 1.807) is 7.11 Å². The number of sulfonamides is 1. The number of hydrogen-bond donors (Lipinski definition) is 2. The second-order valence-corrected chi connectivity index (χ2v) is 8.52. The van der Waals surface area contributed by atoms with Crippen molar-refractivity contribution in [2.75, 3.05) is 33.3 Å². The highest BCUT2D eigenvalue weighted by atomic mass is 127. The Bertz CT molecular complexity index is 798. The minimum absolute atomic E-state index is 0. The number of ether oxygens (including phenoxy) is 1. The number of para-hydroxylation sites is 1. The smallest absolute Gasteiger partial charge is 0.496 e. The average Bonchev–Trinajstić information content (AvgIpc) is 2.68. The predicted molar refractivity (Wildman–Crippen MR) is 121 cm³/mol. The number of nitrogens with one attached hydrogen (secondary N) is 2. The Morgan fingerprint density at radius 1 is 1.27 bits per heavy atom. The molecule has 0 aromatic heterocycles. The van der Waals surface area contributed by atoms with E-state index in [1.807, 2.05) is 31.2 Å². The molecule has 1 saturated heterocycles. The van der Waals surface area contributed by atoms with Crippen molar-refractivity contribution in [2.45, 2.75) is 37.7 Å². The van der Waals surface area contributed by atoms with Gasteiger partial charge in [0.25, 0.3) is 0 Å². The fourth-order valence-electron chi connectivity index (χ4n) is 3.10. The minimum Gasteiger partial charge on any atom is -0.496 e. The van der Waals surface area contributed by atoms with Crippen LogP contribution in [-0.2, 0) is 16.4 Å². The van der Waals surface area contributed by atoms with Gasteiger partial charge in [-0.1, -0.05) is 18.2 Å². The third-order valence-electron chi connectivity index (χ3n) is 4.61. The van der Waals surface area contributed by atoms with Crippen molar-refractivity contribution < 1.29 is 26.3 Å². The lowest BCUT2D eigenvalue weighted by atomic mass is 10.1. The standard InChI is InChI=1S/C18H27F3N4O3S.HI/c1-3-22-17(23-11-8-14-6-4-5-7-16(14)28-2)24-15-9-12-25(13-10-15)29(26,27)18(19,20)21;/h4-7,15H,3,8-13H2,1-2H3,(H2,22,23,24);1H. The van der Waals surface area contributed by atoms with Gasteiger partial charge in [0, 0.05) is 32.2 Å². The van der Waals surface area contributed by atoms with Crippen molar-refractivity contribution in [3.8, 4) is 5.75 Å². The van der Waals surface area contributed by atoms with Crippen LogP contribution in [0, 0.1) is 0 Å². The van der Waals surface area contributed by atoms with E-state index in [9.17, 15) is 21.6 Å². The van der Waals surface area contributed by atoms with Crippen LogP contribution in [0.1, 0.15) is 25.3 Å². The van der Waals surface area contributed by atoms with E-state index in [2.05, 4.69) is 15.6 Å². The van der Waals surface area contributed by atoms with E-state index in [1.165, 1.54) is 0 Å². The van der Waals surface area contributed by atoms with Crippen molar-refractivity contribution in [3.63, 3.8) is 0 Å². The largest absolute Gasteiger partial charge is 0.511 e. The molecule has 172 valence electrons. The Labute approximate surface area is 192 Å². The van der Waals surface area contributed by atoms with E-state index >= 15 is 0 Å². The number of guanidine groups is 1. The molecule has 1 aromatic rings. The Hall–Kier alpha value is -1.28. The summed E-state index contributed by atoms with van der Waals surface area (Å²) in [6, 6.07) is 7.51. The van der Waals surface area contributed by atoms with Crippen molar-refractivity contribution in [1.29, 1.82) is 0 Å². The first-order valence-corrected chi connectivity index (χ1v) is 10.9. The zero-order valence-corrected chi connectivity index (χ0v) is 20.1. The number of hydrogen-bond acceptors (Lipinski definition) is 4. The molecule has 12 heteroatoms. The summed E-state index contributed by atoms with van der Waals surface area (Å²) >= 11 is 0. The topological polar surface area (TPSA) is 83.0 Å². The molecule has 0 saturated carbocycles. The van der Waals surface area contributed by atoms with Gasteiger partial charge in [-0.05, 0) is 37.8 Å². The predicted octanol–water partition coefficient (Wildman–Crippen LogP) is 2.72. The van der Waals surface area contributed by atoms with Crippen molar-refractivity contribution >= 4 is 40.0 Å². The average molecular weight is 564 g/mol. The van der Waals surface area contributed by atoms with Crippen LogP contribution in [0.25, 0.3) is 0 Å². The molecule has 7 nitrogen and oxygen atoms in total. The molecule has 0 amide bonds. The molecule has 2 rings (SSSR count). The molecule has 0 unspecified atom stereocenters. The molecular formula is C18H28F3IN4O3S.